The summed E-state index contributed by atoms with van der Waals surface area (Å²) in [5.74, 6) is 0.823. The van der Waals surface area contributed by atoms with E-state index in [1.807, 2.05) is 13.0 Å². The van der Waals surface area contributed by atoms with Gasteiger partial charge in [0, 0.05) is 0 Å². The van der Waals surface area contributed by atoms with Crippen molar-refractivity contribution in [2.45, 2.75) is 24.3 Å². The van der Waals surface area contributed by atoms with Gasteiger partial charge in [0.2, 0.25) is 0 Å². The van der Waals surface area contributed by atoms with Gasteiger partial charge in [-0.3, -0.25) is 0 Å². The van der Waals surface area contributed by atoms with Crippen LogP contribution >= 0.6 is 11.6 Å². The summed E-state index contributed by atoms with van der Waals surface area (Å²) in [6, 6.07) is 13.2. The van der Waals surface area contributed by atoms with Gasteiger partial charge in [-0.2, -0.15) is 0 Å². The number of hydrogen-bond donors (Lipinski definition) is 2. The smallest absolute Gasteiger partial charge is 0.273 e. The highest BCUT2D eigenvalue weighted by Gasteiger charge is 2.39. The largest absolute Gasteiger partial charge is 0.358 e. The van der Waals surface area contributed by atoms with Crippen molar-refractivity contribution >= 4 is 55.8 Å². The Morgan fingerprint density at radius 3 is 2.69 bits per heavy atom. The molecular weight excluding hydrogens is 450 g/mol. The standard InChI is InChI=1S/C21H18ClN7O2S/c1-2-15(27-20-17-19(24-11-23-17)25-12-26-20)21-28-16-10-6-9-14(22)18(16)32(30,31)29(21)13-7-4-3-5-8-13/h3-12,15H,2H2,1H3,(H2,23,24,25,26,27). The highest BCUT2D eigenvalue weighted by molar-refractivity contribution is 7.94. The number of benzene rings is 2. The van der Waals surface area contributed by atoms with Gasteiger partial charge in [0.25, 0.3) is 10.0 Å². The predicted octanol–water partition coefficient (Wildman–Crippen LogP) is 4.14. The van der Waals surface area contributed by atoms with Crippen molar-refractivity contribution in [2.24, 2.45) is 4.99 Å². The average molecular weight is 468 g/mol. The number of nitrogens with one attached hydrogen (secondary N) is 2. The molecule has 1 atom stereocenters. The van der Waals surface area contributed by atoms with Crippen molar-refractivity contribution in [2.75, 3.05) is 9.62 Å². The molecule has 9 nitrogen and oxygen atoms in total. The zero-order valence-electron chi connectivity index (χ0n) is 16.9. The van der Waals surface area contributed by atoms with E-state index in [4.69, 9.17) is 16.6 Å². The number of fused-ring (bicyclic) bond motifs is 2. The topological polar surface area (TPSA) is 116 Å². The van der Waals surface area contributed by atoms with Crippen molar-refractivity contribution in [3.63, 3.8) is 0 Å². The lowest BCUT2D eigenvalue weighted by atomic mass is 10.1. The van der Waals surface area contributed by atoms with Crippen molar-refractivity contribution in [3.05, 3.63) is 66.2 Å². The van der Waals surface area contributed by atoms with E-state index in [-0.39, 0.29) is 9.92 Å². The summed E-state index contributed by atoms with van der Waals surface area (Å²) < 4.78 is 28.8. The molecule has 1 aliphatic heterocycles. The number of nitrogens with zero attached hydrogens (tertiary/aromatic N) is 5. The van der Waals surface area contributed by atoms with Crippen LogP contribution in [0.4, 0.5) is 17.2 Å². The molecule has 2 aromatic heterocycles. The molecule has 32 heavy (non-hydrogen) atoms. The number of anilines is 2. The van der Waals surface area contributed by atoms with E-state index in [0.29, 0.717) is 40.6 Å². The van der Waals surface area contributed by atoms with Gasteiger partial charge in [-0.05, 0) is 30.7 Å². The van der Waals surface area contributed by atoms with Crippen LogP contribution in [0.15, 0.2) is 71.1 Å². The lowest BCUT2D eigenvalue weighted by Crippen LogP contribution is -2.48. The number of sulfonamides is 1. The number of imidazole rings is 1. The molecule has 0 radical (unpaired) electrons. The summed E-state index contributed by atoms with van der Waals surface area (Å²) in [6.45, 7) is 1.94. The number of amidine groups is 1. The maximum atomic E-state index is 13.8. The fourth-order valence-corrected chi connectivity index (χ4v) is 5.82. The van der Waals surface area contributed by atoms with Crippen LogP contribution in [0.25, 0.3) is 11.2 Å². The van der Waals surface area contributed by atoms with E-state index in [9.17, 15) is 8.42 Å². The Balaban J connectivity index is 1.69. The highest BCUT2D eigenvalue weighted by Crippen LogP contribution is 2.40. The zero-order valence-corrected chi connectivity index (χ0v) is 18.5. The third-order valence-corrected chi connectivity index (χ3v) is 7.38. The molecule has 2 N–H and O–H groups in total. The Bertz CT molecular complexity index is 1440. The van der Waals surface area contributed by atoms with Crippen molar-refractivity contribution in [3.8, 4) is 0 Å². The molecule has 0 bridgehead atoms. The second-order valence-corrected chi connectivity index (χ2v) is 9.22. The fourth-order valence-electron chi connectivity index (χ4n) is 3.67. The number of para-hydroxylation sites is 1. The zero-order chi connectivity index (χ0) is 22.3. The van der Waals surface area contributed by atoms with Gasteiger partial charge in [0.15, 0.2) is 11.5 Å². The summed E-state index contributed by atoms with van der Waals surface area (Å²) in [6.07, 6.45) is 3.47. The maximum Gasteiger partial charge on any atom is 0.273 e. The molecule has 11 heteroatoms. The number of aliphatic imine (C=N–C) groups is 1. The van der Waals surface area contributed by atoms with E-state index < -0.39 is 16.1 Å². The quantitative estimate of drug-likeness (QED) is 0.455. The van der Waals surface area contributed by atoms with E-state index in [2.05, 4.69) is 25.3 Å². The van der Waals surface area contributed by atoms with Gasteiger partial charge in [0.05, 0.1) is 28.8 Å². The van der Waals surface area contributed by atoms with Crippen LogP contribution in [-0.2, 0) is 10.0 Å². The van der Waals surface area contributed by atoms with Crippen molar-refractivity contribution < 1.29 is 8.42 Å². The van der Waals surface area contributed by atoms with Gasteiger partial charge < -0.3 is 10.3 Å². The minimum atomic E-state index is -4.02. The van der Waals surface area contributed by atoms with Gasteiger partial charge >= 0.3 is 0 Å². The van der Waals surface area contributed by atoms with Gasteiger partial charge in [-0.15, -0.1) is 0 Å². The van der Waals surface area contributed by atoms with Gasteiger partial charge in [-0.1, -0.05) is 42.8 Å². The summed E-state index contributed by atoms with van der Waals surface area (Å²) in [5, 5.41) is 3.45. The normalized spacial score (nSPS) is 15.8. The summed E-state index contributed by atoms with van der Waals surface area (Å²) >= 11 is 6.30. The number of hydrogen-bond acceptors (Lipinski definition) is 7. The third-order valence-electron chi connectivity index (χ3n) is 5.13. The second kappa shape index (κ2) is 7.88. The molecule has 0 spiro atoms. The number of halogens is 1. The molecule has 162 valence electrons. The Morgan fingerprint density at radius 1 is 1.09 bits per heavy atom. The van der Waals surface area contributed by atoms with Crippen LogP contribution in [0.2, 0.25) is 5.02 Å². The number of aromatic amines is 1. The molecule has 0 saturated heterocycles. The first-order valence-electron chi connectivity index (χ1n) is 9.88. The summed E-state index contributed by atoms with van der Waals surface area (Å²) in [5.41, 5.74) is 1.90. The molecular formula is C21H18ClN7O2S. The molecule has 2 aromatic carbocycles. The highest BCUT2D eigenvalue weighted by atomic mass is 35.5. The lowest BCUT2D eigenvalue weighted by molar-refractivity contribution is 0.595. The van der Waals surface area contributed by atoms with E-state index in [1.54, 1.807) is 42.5 Å². The minimum absolute atomic E-state index is 0.0119. The van der Waals surface area contributed by atoms with Crippen LogP contribution < -0.4 is 9.62 Å². The van der Waals surface area contributed by atoms with Crippen LogP contribution in [0.3, 0.4) is 0 Å². The molecule has 0 amide bonds. The van der Waals surface area contributed by atoms with Crippen molar-refractivity contribution in [1.29, 1.82) is 0 Å². The molecule has 0 saturated carbocycles. The SMILES string of the molecule is CCC(Nc1ncnc2nc[nH]c12)C1=Nc2cccc(Cl)c2S(=O)(=O)N1c1ccccc1. The van der Waals surface area contributed by atoms with Gasteiger partial charge in [-0.25, -0.2) is 32.7 Å². The molecule has 1 aliphatic rings. The first kappa shape index (κ1) is 20.4. The van der Waals surface area contributed by atoms with E-state index in [1.165, 1.54) is 17.0 Å². The monoisotopic (exact) mass is 467 g/mol. The molecule has 0 aliphatic carbocycles. The molecule has 0 fully saturated rings. The predicted molar refractivity (Wildman–Crippen MR) is 124 cm³/mol. The molecule has 3 heterocycles. The third kappa shape index (κ3) is 3.28. The first-order chi connectivity index (χ1) is 15.5. The van der Waals surface area contributed by atoms with Crippen LogP contribution in [0, 0.1) is 0 Å². The van der Waals surface area contributed by atoms with Gasteiger partial charge in [0.1, 0.15) is 22.6 Å². The maximum absolute atomic E-state index is 13.8. The number of rotatable bonds is 5. The number of H-pyrrole nitrogens is 1. The fraction of sp³-hybridized carbons (Fsp3) is 0.143. The van der Waals surface area contributed by atoms with Crippen LogP contribution in [-0.4, -0.2) is 40.2 Å². The Hall–Kier alpha value is -3.50. The average Bonchev–Trinajstić information content (AvgIpc) is 3.27. The molecule has 1 unspecified atom stereocenters. The second-order valence-electron chi connectivity index (χ2n) is 7.09. The summed E-state index contributed by atoms with van der Waals surface area (Å²) in [7, 11) is -4.02. The lowest BCUT2D eigenvalue weighted by Gasteiger charge is -2.34. The van der Waals surface area contributed by atoms with E-state index in [0.717, 1.165) is 0 Å². The molecule has 4 aromatic rings. The minimum Gasteiger partial charge on any atom is -0.358 e. The van der Waals surface area contributed by atoms with Crippen LogP contribution in [0.1, 0.15) is 13.3 Å². The van der Waals surface area contributed by atoms with Crippen molar-refractivity contribution in [1.82, 2.24) is 19.9 Å². The van der Waals surface area contributed by atoms with Crippen LogP contribution in [0.5, 0.6) is 0 Å². The number of aromatic nitrogens is 4. The summed E-state index contributed by atoms with van der Waals surface area (Å²) in [4.78, 5) is 20.3. The Labute approximate surface area is 189 Å². The Kier molecular flexibility index (Phi) is 5.03. The Morgan fingerprint density at radius 2 is 1.91 bits per heavy atom. The first-order valence-corrected chi connectivity index (χ1v) is 11.7. The molecule has 5 rings (SSSR count). The van der Waals surface area contributed by atoms with E-state index >= 15 is 0 Å².